The lowest BCUT2D eigenvalue weighted by atomic mass is 10.1. The van der Waals surface area contributed by atoms with Crippen LogP contribution in [0, 0.1) is 0 Å². The molecule has 8 heteroatoms. The molecular formula is C36H60N8. The topological polar surface area (TPSA) is 25.9 Å². The maximum Gasteiger partial charge on any atom is 0.0234 e. The Morgan fingerprint density at radius 3 is 0.841 bits per heavy atom. The summed E-state index contributed by atoms with van der Waals surface area (Å²) in [6.45, 7) is 22.6. The van der Waals surface area contributed by atoms with E-state index >= 15 is 0 Å². The van der Waals surface area contributed by atoms with Gasteiger partial charge in [-0.2, -0.15) is 0 Å². The Kier molecular flexibility index (Phi) is 13.1. The van der Waals surface area contributed by atoms with E-state index in [9.17, 15) is 0 Å². The highest BCUT2D eigenvalue weighted by Gasteiger charge is 2.19. The molecule has 8 nitrogen and oxygen atoms in total. The van der Waals surface area contributed by atoms with Crippen molar-refractivity contribution in [3.63, 3.8) is 0 Å². The molecule has 8 bridgehead atoms. The second-order valence-corrected chi connectivity index (χ2v) is 14.0. The van der Waals surface area contributed by atoms with E-state index in [1.807, 2.05) is 0 Å². The summed E-state index contributed by atoms with van der Waals surface area (Å²) in [6, 6.07) is 18.8. The van der Waals surface area contributed by atoms with Crippen molar-refractivity contribution in [1.29, 1.82) is 0 Å². The maximum absolute atomic E-state index is 2.66. The van der Waals surface area contributed by atoms with Crippen LogP contribution in [0.3, 0.4) is 0 Å². The van der Waals surface area contributed by atoms with E-state index in [0.717, 1.165) is 65.4 Å². The van der Waals surface area contributed by atoms with Gasteiger partial charge in [0.15, 0.2) is 0 Å². The van der Waals surface area contributed by atoms with Crippen molar-refractivity contribution in [3.05, 3.63) is 70.8 Å². The Hall–Kier alpha value is -1.88. The second-order valence-electron chi connectivity index (χ2n) is 14.0. The summed E-state index contributed by atoms with van der Waals surface area (Å²) in [6.07, 6.45) is 0. The van der Waals surface area contributed by atoms with E-state index in [4.69, 9.17) is 0 Å². The van der Waals surface area contributed by atoms with E-state index in [0.29, 0.717) is 0 Å². The molecule has 11 rings (SSSR count). The van der Waals surface area contributed by atoms with Gasteiger partial charge in [0.05, 0.1) is 0 Å². The van der Waals surface area contributed by atoms with Gasteiger partial charge < -0.3 is 19.6 Å². The molecule has 0 unspecified atom stereocenters. The highest BCUT2D eigenvalue weighted by molar-refractivity contribution is 5.23. The average molecular weight is 605 g/mol. The lowest BCUT2D eigenvalue weighted by Gasteiger charge is -2.36. The summed E-state index contributed by atoms with van der Waals surface area (Å²) in [5.74, 6) is 0. The van der Waals surface area contributed by atoms with Crippen LogP contribution in [0.5, 0.6) is 0 Å². The molecule has 2 fully saturated rings. The molecule has 0 amide bonds. The van der Waals surface area contributed by atoms with Crippen LogP contribution in [0.4, 0.5) is 0 Å². The summed E-state index contributed by atoms with van der Waals surface area (Å²) < 4.78 is 0. The summed E-state index contributed by atoms with van der Waals surface area (Å²) >= 11 is 0. The molecule has 0 spiro atoms. The lowest BCUT2D eigenvalue weighted by molar-refractivity contribution is 0.104. The number of piperazine rings is 2. The first kappa shape index (κ1) is 33.5. The minimum atomic E-state index is 1.01. The Balaban J connectivity index is 1.14. The highest BCUT2D eigenvalue weighted by Crippen LogP contribution is 2.14. The molecule has 244 valence electrons. The van der Waals surface area contributed by atoms with Gasteiger partial charge >= 0.3 is 0 Å². The average Bonchev–Trinajstić information content (AvgIpc) is 3.03. The van der Waals surface area contributed by atoms with Crippen LogP contribution in [0.25, 0.3) is 0 Å². The standard InChI is InChI=1S/C36H60N8/c1-37-13-15-39(3)29-33-5-9-35(10-6-33)31-43-25-21-41(22-26-43)19-17-38(2)18-20-42-23-27-44(28-24-42)32-36-11-7-34(8-12-36)30-40(4)16-14-37/h5-12H,13-32H2,1-4H3. The van der Waals surface area contributed by atoms with Crippen LogP contribution in [-0.2, 0) is 26.2 Å². The molecule has 2 aromatic rings. The van der Waals surface area contributed by atoms with E-state index in [2.05, 4.69) is 116 Å². The Morgan fingerprint density at radius 1 is 0.273 bits per heavy atom. The monoisotopic (exact) mass is 604 g/mol. The zero-order valence-electron chi connectivity index (χ0n) is 28.3. The molecular weight excluding hydrogens is 544 g/mol. The van der Waals surface area contributed by atoms with Gasteiger partial charge in [0.2, 0.25) is 0 Å². The number of hydrogen-bond donors (Lipinski definition) is 0. The van der Waals surface area contributed by atoms with Gasteiger partial charge in [-0.25, -0.2) is 0 Å². The first-order chi connectivity index (χ1) is 21.4. The molecule has 0 saturated carbocycles. The van der Waals surface area contributed by atoms with Crippen molar-refractivity contribution >= 4 is 0 Å². The molecule has 2 aromatic carbocycles. The predicted octanol–water partition coefficient (Wildman–Crippen LogP) is 2.36. The summed E-state index contributed by atoms with van der Waals surface area (Å²) in [4.78, 5) is 20.5. The second kappa shape index (κ2) is 17.2. The number of likely N-dealkylation sites (N-methyl/N-ethyl adjacent to an activating group) is 4. The molecule has 0 atom stereocenters. The Morgan fingerprint density at radius 2 is 0.500 bits per heavy atom. The number of hydrogen-bond acceptors (Lipinski definition) is 8. The van der Waals surface area contributed by atoms with Crippen molar-refractivity contribution in [2.24, 2.45) is 0 Å². The third kappa shape index (κ3) is 11.2. The van der Waals surface area contributed by atoms with Gasteiger partial charge in [-0.15, -0.1) is 0 Å². The number of nitrogens with zero attached hydrogens (tertiary/aromatic N) is 8. The van der Waals surface area contributed by atoms with Crippen molar-refractivity contribution in [1.82, 2.24) is 39.2 Å². The van der Waals surface area contributed by atoms with E-state index in [1.165, 1.54) is 87.7 Å². The third-order valence-corrected chi connectivity index (χ3v) is 10.0. The van der Waals surface area contributed by atoms with Crippen molar-refractivity contribution in [2.75, 3.05) is 133 Å². The minimum absolute atomic E-state index is 1.01. The molecule has 2 saturated heterocycles. The Labute approximate surface area is 268 Å². The summed E-state index contributed by atoms with van der Waals surface area (Å²) in [7, 11) is 9.07. The minimum Gasteiger partial charge on any atom is -0.304 e. The van der Waals surface area contributed by atoms with Crippen molar-refractivity contribution in [2.45, 2.75) is 26.2 Å². The smallest absolute Gasteiger partial charge is 0.0234 e. The zero-order valence-corrected chi connectivity index (χ0v) is 28.3. The number of rotatable bonds is 0. The van der Waals surface area contributed by atoms with E-state index in [-0.39, 0.29) is 0 Å². The quantitative estimate of drug-likeness (QED) is 0.453. The van der Waals surface area contributed by atoms with Crippen LogP contribution < -0.4 is 0 Å². The molecule has 0 aromatic heterocycles. The fourth-order valence-corrected chi connectivity index (χ4v) is 6.67. The summed E-state index contributed by atoms with van der Waals surface area (Å²) in [5.41, 5.74) is 5.70. The number of benzene rings is 2. The third-order valence-electron chi connectivity index (χ3n) is 10.0. The van der Waals surface area contributed by atoms with Gasteiger partial charge in [0.1, 0.15) is 0 Å². The highest BCUT2D eigenvalue weighted by atomic mass is 15.3. The molecule has 9 aliphatic rings. The Bertz CT molecular complexity index is 991. The first-order valence-corrected chi connectivity index (χ1v) is 17.2. The summed E-state index contributed by atoms with van der Waals surface area (Å²) in [5, 5.41) is 0. The predicted molar refractivity (Wildman–Crippen MR) is 184 cm³/mol. The first-order valence-electron chi connectivity index (χ1n) is 17.2. The van der Waals surface area contributed by atoms with Crippen LogP contribution in [0.15, 0.2) is 48.5 Å². The molecule has 44 heavy (non-hydrogen) atoms. The van der Waals surface area contributed by atoms with E-state index in [1.54, 1.807) is 0 Å². The maximum atomic E-state index is 2.66. The van der Waals surface area contributed by atoms with Gasteiger partial charge in [-0.3, -0.25) is 19.6 Å². The lowest BCUT2D eigenvalue weighted by Crippen LogP contribution is -2.49. The molecule has 0 N–H and O–H groups in total. The van der Waals surface area contributed by atoms with Gasteiger partial charge in [0, 0.05) is 131 Å². The molecule has 9 heterocycles. The fourth-order valence-electron chi connectivity index (χ4n) is 6.67. The SMILES string of the molecule is CN1CCN(C)Cc2ccc(cc2)CN2CCN(CCN(C)CCN3CCN(CC3)Cc3ccc(cc3)CN(C)CC1)CC2. The normalized spacial score (nSPS) is 29.0. The van der Waals surface area contributed by atoms with Crippen molar-refractivity contribution < 1.29 is 0 Å². The molecule has 0 radical (unpaired) electrons. The van der Waals surface area contributed by atoms with E-state index < -0.39 is 0 Å². The largest absolute Gasteiger partial charge is 0.304 e. The zero-order chi connectivity index (χ0) is 30.7. The van der Waals surface area contributed by atoms with Crippen LogP contribution in [-0.4, -0.2) is 172 Å². The van der Waals surface area contributed by atoms with Gasteiger partial charge in [-0.05, 0) is 50.4 Å². The molecule has 0 aliphatic carbocycles. The van der Waals surface area contributed by atoms with Gasteiger partial charge in [0.25, 0.3) is 0 Å². The van der Waals surface area contributed by atoms with Crippen LogP contribution >= 0.6 is 0 Å². The fraction of sp³-hybridized carbons (Fsp3) is 0.667. The molecule has 9 aliphatic heterocycles. The van der Waals surface area contributed by atoms with Crippen LogP contribution in [0.1, 0.15) is 22.3 Å². The van der Waals surface area contributed by atoms with Crippen LogP contribution in [0.2, 0.25) is 0 Å². The van der Waals surface area contributed by atoms with Gasteiger partial charge in [-0.1, -0.05) is 48.5 Å². The van der Waals surface area contributed by atoms with Crippen molar-refractivity contribution in [3.8, 4) is 0 Å².